The van der Waals surface area contributed by atoms with Gasteiger partial charge in [0, 0.05) is 19.8 Å². The first kappa shape index (κ1) is 15.1. The van der Waals surface area contributed by atoms with Crippen molar-refractivity contribution in [3.63, 3.8) is 0 Å². The van der Waals surface area contributed by atoms with E-state index in [0.717, 1.165) is 21.4 Å². The third-order valence-electron chi connectivity index (χ3n) is 2.37. The minimum atomic E-state index is -3.75. The maximum Gasteiger partial charge on any atom is 0.325 e. The summed E-state index contributed by atoms with van der Waals surface area (Å²) in [6.45, 7) is 1.26. The number of hydrogen-bond acceptors (Lipinski definition) is 5. The number of nitrogens with zero attached hydrogens (tertiary/aromatic N) is 4. The molecule has 1 heterocycles. The molecule has 0 aromatic carbocycles. The molecule has 0 saturated heterocycles. The second-order valence-electron chi connectivity index (χ2n) is 4.08. The molecule has 1 N–H and O–H groups in total. The average Bonchev–Trinajstić information content (AvgIpc) is 2.76. The standard InChI is InChI=1S/C10H14N4O4S/c1-8(3-11)5-13(2)19(17,18)9-4-12-14(6-9)7-10(15)16/h4,6,8H,5,7H2,1-2H3,(H,15,16). The zero-order valence-corrected chi connectivity index (χ0v) is 11.3. The summed E-state index contributed by atoms with van der Waals surface area (Å²) >= 11 is 0. The lowest BCUT2D eigenvalue weighted by Gasteiger charge is -2.16. The summed E-state index contributed by atoms with van der Waals surface area (Å²) in [4.78, 5) is 10.4. The van der Waals surface area contributed by atoms with E-state index in [9.17, 15) is 13.2 Å². The fourth-order valence-corrected chi connectivity index (χ4v) is 2.62. The molecular weight excluding hydrogens is 272 g/mol. The van der Waals surface area contributed by atoms with E-state index in [2.05, 4.69) is 5.10 Å². The largest absolute Gasteiger partial charge is 0.480 e. The molecular formula is C10H14N4O4S. The quantitative estimate of drug-likeness (QED) is 0.770. The number of carboxylic acid groups (broad SMARTS) is 1. The molecule has 9 heteroatoms. The predicted octanol–water partition coefficient (Wildman–Crippen LogP) is -0.252. The smallest absolute Gasteiger partial charge is 0.325 e. The van der Waals surface area contributed by atoms with Crippen LogP contribution in [0, 0.1) is 17.2 Å². The Balaban J connectivity index is 2.91. The van der Waals surface area contributed by atoms with E-state index in [-0.39, 0.29) is 11.4 Å². The van der Waals surface area contributed by atoms with E-state index < -0.39 is 28.5 Å². The summed E-state index contributed by atoms with van der Waals surface area (Å²) in [5, 5.41) is 20.9. The van der Waals surface area contributed by atoms with Gasteiger partial charge in [-0.2, -0.15) is 14.7 Å². The second-order valence-corrected chi connectivity index (χ2v) is 6.13. The molecule has 19 heavy (non-hydrogen) atoms. The highest BCUT2D eigenvalue weighted by atomic mass is 32.2. The van der Waals surface area contributed by atoms with Crippen LogP contribution >= 0.6 is 0 Å². The summed E-state index contributed by atoms with van der Waals surface area (Å²) < 4.78 is 26.3. The van der Waals surface area contributed by atoms with Crippen molar-refractivity contribution in [2.24, 2.45) is 5.92 Å². The Labute approximate surface area is 110 Å². The Kier molecular flexibility index (Phi) is 4.63. The lowest BCUT2D eigenvalue weighted by atomic mass is 10.2. The molecule has 0 aliphatic carbocycles. The van der Waals surface area contributed by atoms with Crippen molar-refractivity contribution in [3.05, 3.63) is 12.4 Å². The van der Waals surface area contributed by atoms with Gasteiger partial charge in [0.2, 0.25) is 10.0 Å². The Morgan fingerprint density at radius 2 is 2.32 bits per heavy atom. The molecule has 1 aromatic rings. The van der Waals surface area contributed by atoms with Crippen LogP contribution < -0.4 is 0 Å². The first-order chi connectivity index (χ1) is 8.77. The molecule has 0 aliphatic heterocycles. The maximum atomic E-state index is 12.1. The van der Waals surface area contributed by atoms with Crippen molar-refractivity contribution in [1.29, 1.82) is 5.26 Å². The molecule has 8 nitrogen and oxygen atoms in total. The van der Waals surface area contributed by atoms with Crippen LogP contribution in [0.25, 0.3) is 0 Å². The molecule has 0 radical (unpaired) electrons. The van der Waals surface area contributed by atoms with Gasteiger partial charge in [0.1, 0.15) is 11.4 Å². The van der Waals surface area contributed by atoms with E-state index in [1.165, 1.54) is 7.05 Å². The van der Waals surface area contributed by atoms with Gasteiger partial charge in [0.25, 0.3) is 0 Å². The zero-order chi connectivity index (χ0) is 14.6. The van der Waals surface area contributed by atoms with Crippen LogP contribution in [-0.4, -0.2) is 47.2 Å². The van der Waals surface area contributed by atoms with E-state index >= 15 is 0 Å². The van der Waals surface area contributed by atoms with Crippen molar-refractivity contribution in [2.75, 3.05) is 13.6 Å². The van der Waals surface area contributed by atoms with E-state index in [1.54, 1.807) is 6.92 Å². The SMILES string of the molecule is CC(C#N)CN(C)S(=O)(=O)c1cnn(CC(=O)O)c1. The number of hydrogen-bond donors (Lipinski definition) is 1. The van der Waals surface area contributed by atoms with Gasteiger partial charge in [-0.05, 0) is 6.92 Å². The van der Waals surface area contributed by atoms with E-state index in [0.29, 0.717) is 0 Å². The summed E-state index contributed by atoms with van der Waals surface area (Å²) in [6.07, 6.45) is 2.24. The highest BCUT2D eigenvalue weighted by molar-refractivity contribution is 7.89. The Bertz CT molecular complexity index is 601. The first-order valence-electron chi connectivity index (χ1n) is 5.37. The topological polar surface area (TPSA) is 116 Å². The summed E-state index contributed by atoms with van der Waals surface area (Å²) in [5.74, 6) is -1.55. The van der Waals surface area contributed by atoms with E-state index in [4.69, 9.17) is 10.4 Å². The minimum Gasteiger partial charge on any atom is -0.480 e. The maximum absolute atomic E-state index is 12.1. The van der Waals surface area contributed by atoms with E-state index in [1.807, 2.05) is 6.07 Å². The zero-order valence-electron chi connectivity index (χ0n) is 10.5. The predicted molar refractivity (Wildman–Crippen MR) is 64.5 cm³/mol. The van der Waals surface area contributed by atoms with Crippen LogP contribution in [0.15, 0.2) is 17.3 Å². The van der Waals surface area contributed by atoms with Crippen molar-refractivity contribution in [2.45, 2.75) is 18.4 Å². The molecule has 1 rings (SSSR count). The number of aliphatic carboxylic acids is 1. The van der Waals surface area contributed by atoms with Crippen molar-refractivity contribution in [1.82, 2.24) is 14.1 Å². The van der Waals surface area contributed by atoms with Crippen molar-refractivity contribution >= 4 is 16.0 Å². The van der Waals surface area contributed by atoms with Gasteiger partial charge in [-0.15, -0.1) is 0 Å². The van der Waals surface area contributed by atoms with Crippen molar-refractivity contribution in [3.8, 4) is 6.07 Å². The van der Waals surface area contributed by atoms with Crippen LogP contribution in [-0.2, 0) is 21.4 Å². The number of carboxylic acids is 1. The molecule has 1 unspecified atom stereocenters. The molecule has 0 spiro atoms. The summed E-state index contributed by atoms with van der Waals surface area (Å²) in [6, 6.07) is 1.95. The normalized spacial score (nSPS) is 13.2. The summed E-state index contributed by atoms with van der Waals surface area (Å²) in [7, 11) is -2.39. The van der Waals surface area contributed by atoms with Crippen LogP contribution in [0.3, 0.4) is 0 Å². The van der Waals surface area contributed by atoms with Crippen LogP contribution in [0.5, 0.6) is 0 Å². The molecule has 0 aliphatic rings. The van der Waals surface area contributed by atoms with Gasteiger partial charge in [-0.25, -0.2) is 8.42 Å². The third-order valence-corrected chi connectivity index (χ3v) is 4.14. The monoisotopic (exact) mass is 286 g/mol. The molecule has 1 atom stereocenters. The number of rotatable bonds is 6. The van der Waals surface area contributed by atoms with Crippen molar-refractivity contribution < 1.29 is 18.3 Å². The molecule has 0 amide bonds. The highest BCUT2D eigenvalue weighted by Crippen LogP contribution is 2.14. The number of nitriles is 1. The number of carbonyl (C=O) groups is 1. The second kappa shape index (κ2) is 5.81. The van der Waals surface area contributed by atoms with Crippen LogP contribution in [0.1, 0.15) is 6.92 Å². The van der Waals surface area contributed by atoms with Gasteiger partial charge in [0.15, 0.2) is 0 Å². The average molecular weight is 286 g/mol. The van der Waals surface area contributed by atoms with Gasteiger partial charge >= 0.3 is 5.97 Å². The molecule has 0 bridgehead atoms. The fraction of sp³-hybridized carbons (Fsp3) is 0.500. The summed E-state index contributed by atoms with van der Waals surface area (Å²) in [5.41, 5.74) is 0. The highest BCUT2D eigenvalue weighted by Gasteiger charge is 2.24. The number of sulfonamides is 1. The first-order valence-corrected chi connectivity index (χ1v) is 6.81. The molecule has 0 fully saturated rings. The van der Waals surface area contributed by atoms with Crippen LogP contribution in [0.2, 0.25) is 0 Å². The van der Waals surface area contributed by atoms with Gasteiger partial charge in [-0.3, -0.25) is 9.48 Å². The fourth-order valence-electron chi connectivity index (χ4n) is 1.41. The van der Waals surface area contributed by atoms with Gasteiger partial charge in [-0.1, -0.05) is 0 Å². The lowest BCUT2D eigenvalue weighted by Crippen LogP contribution is -2.30. The lowest BCUT2D eigenvalue weighted by molar-refractivity contribution is -0.137. The van der Waals surface area contributed by atoms with Crippen LogP contribution in [0.4, 0.5) is 0 Å². The molecule has 1 aromatic heterocycles. The minimum absolute atomic E-state index is 0.0585. The Hall–Kier alpha value is -1.92. The molecule has 0 saturated carbocycles. The Morgan fingerprint density at radius 3 is 2.84 bits per heavy atom. The Morgan fingerprint density at radius 1 is 1.68 bits per heavy atom. The third kappa shape index (κ3) is 3.77. The molecule has 104 valence electrons. The van der Waals surface area contributed by atoms with Gasteiger partial charge in [0.05, 0.1) is 18.2 Å². The van der Waals surface area contributed by atoms with Gasteiger partial charge < -0.3 is 5.11 Å². The number of aromatic nitrogens is 2.